The van der Waals surface area contributed by atoms with E-state index in [-0.39, 0.29) is 23.6 Å². The molecule has 0 aliphatic carbocycles. The molecule has 2 N–H and O–H groups in total. The van der Waals surface area contributed by atoms with Crippen molar-refractivity contribution in [1.82, 2.24) is 10.7 Å². The molecule has 2 amide bonds. The number of nitro benzene ring substituents is 1. The molecule has 0 saturated heterocycles. The molecule has 0 unspecified atom stereocenters. The fourth-order valence-electron chi connectivity index (χ4n) is 1.57. The highest BCUT2D eigenvalue weighted by Crippen LogP contribution is 2.12. The lowest BCUT2D eigenvalue weighted by molar-refractivity contribution is -0.384. The van der Waals surface area contributed by atoms with Crippen LogP contribution in [-0.2, 0) is 4.79 Å². The minimum atomic E-state index is -0.580. The van der Waals surface area contributed by atoms with Crippen LogP contribution >= 0.6 is 0 Å². The van der Waals surface area contributed by atoms with Gasteiger partial charge in [0.25, 0.3) is 11.6 Å². The average molecular weight is 306 g/mol. The molecule has 0 aromatic heterocycles. The highest BCUT2D eigenvalue weighted by molar-refractivity contribution is 6.01. The van der Waals surface area contributed by atoms with Crippen molar-refractivity contribution in [2.75, 3.05) is 6.54 Å². The van der Waals surface area contributed by atoms with Gasteiger partial charge in [-0.05, 0) is 19.4 Å². The van der Waals surface area contributed by atoms with Gasteiger partial charge in [0.05, 0.1) is 11.3 Å². The fraction of sp³-hybridized carbons (Fsp3) is 0.357. The molecule has 22 heavy (non-hydrogen) atoms. The summed E-state index contributed by atoms with van der Waals surface area (Å²) in [5.74, 6) is -0.746. The van der Waals surface area contributed by atoms with E-state index in [4.69, 9.17) is 0 Å². The summed E-state index contributed by atoms with van der Waals surface area (Å²) in [6.07, 6.45) is 0.917. The zero-order valence-corrected chi connectivity index (χ0v) is 12.5. The molecule has 0 atom stereocenters. The minimum absolute atomic E-state index is 0.0786. The molecule has 0 aliphatic rings. The van der Waals surface area contributed by atoms with Gasteiger partial charge in [-0.25, -0.2) is 5.43 Å². The SMILES string of the molecule is CCCNC(=O)C/C(C)=N/NC(=O)c1cccc([N+](=O)[O-])c1. The molecular formula is C14H18N4O4. The summed E-state index contributed by atoms with van der Waals surface area (Å²) >= 11 is 0. The number of hydrogen-bond donors (Lipinski definition) is 2. The lowest BCUT2D eigenvalue weighted by atomic mass is 10.2. The number of hydrazone groups is 1. The number of benzene rings is 1. The standard InChI is InChI=1S/C14H18N4O4/c1-3-7-15-13(19)8-10(2)16-17-14(20)11-5-4-6-12(9-11)18(21)22/h4-6,9H,3,7-8H2,1-2H3,(H,15,19)(H,17,20)/b16-10+. The Morgan fingerprint density at radius 1 is 1.36 bits per heavy atom. The van der Waals surface area contributed by atoms with E-state index in [9.17, 15) is 19.7 Å². The molecule has 1 rings (SSSR count). The maximum absolute atomic E-state index is 11.8. The number of non-ortho nitro benzene ring substituents is 1. The van der Waals surface area contributed by atoms with Gasteiger partial charge in [-0.1, -0.05) is 13.0 Å². The Hall–Kier alpha value is -2.77. The minimum Gasteiger partial charge on any atom is -0.356 e. The fourth-order valence-corrected chi connectivity index (χ4v) is 1.57. The third-order valence-corrected chi connectivity index (χ3v) is 2.66. The monoisotopic (exact) mass is 306 g/mol. The molecule has 0 heterocycles. The van der Waals surface area contributed by atoms with E-state index in [0.717, 1.165) is 12.5 Å². The predicted molar refractivity (Wildman–Crippen MR) is 81.6 cm³/mol. The maximum atomic E-state index is 11.8. The van der Waals surface area contributed by atoms with Crippen molar-refractivity contribution in [2.45, 2.75) is 26.7 Å². The van der Waals surface area contributed by atoms with Crippen LogP contribution in [0.5, 0.6) is 0 Å². The first-order valence-electron chi connectivity index (χ1n) is 6.78. The summed E-state index contributed by atoms with van der Waals surface area (Å²) in [7, 11) is 0. The normalized spacial score (nSPS) is 10.9. The van der Waals surface area contributed by atoms with Gasteiger partial charge in [-0.2, -0.15) is 5.10 Å². The first-order valence-corrected chi connectivity index (χ1v) is 6.78. The summed E-state index contributed by atoms with van der Waals surface area (Å²) in [5, 5.41) is 17.2. The van der Waals surface area contributed by atoms with Gasteiger partial charge in [0, 0.05) is 30.0 Å². The molecule has 0 spiro atoms. The van der Waals surface area contributed by atoms with Crippen molar-refractivity contribution < 1.29 is 14.5 Å². The molecule has 118 valence electrons. The van der Waals surface area contributed by atoms with Crippen LogP contribution < -0.4 is 10.7 Å². The Labute approximate surface area is 127 Å². The van der Waals surface area contributed by atoms with Gasteiger partial charge >= 0.3 is 0 Å². The van der Waals surface area contributed by atoms with Crippen LogP contribution in [0.3, 0.4) is 0 Å². The van der Waals surface area contributed by atoms with Crippen LogP contribution in [0.25, 0.3) is 0 Å². The van der Waals surface area contributed by atoms with Gasteiger partial charge in [0.15, 0.2) is 0 Å². The van der Waals surface area contributed by atoms with Gasteiger partial charge in [0.2, 0.25) is 5.91 Å². The number of nitrogens with zero attached hydrogens (tertiary/aromatic N) is 2. The van der Waals surface area contributed by atoms with Crippen LogP contribution in [0.1, 0.15) is 37.0 Å². The summed E-state index contributed by atoms with van der Waals surface area (Å²) < 4.78 is 0. The molecular weight excluding hydrogens is 288 g/mol. The zero-order chi connectivity index (χ0) is 16.5. The van der Waals surface area contributed by atoms with Gasteiger partial charge in [-0.15, -0.1) is 0 Å². The Bertz CT molecular complexity index is 598. The molecule has 0 aliphatic heterocycles. The summed E-state index contributed by atoms with van der Waals surface area (Å²) in [6, 6.07) is 5.32. The number of nitrogens with one attached hydrogen (secondary N) is 2. The zero-order valence-electron chi connectivity index (χ0n) is 12.5. The van der Waals surface area contributed by atoms with E-state index >= 15 is 0 Å². The van der Waals surface area contributed by atoms with Gasteiger partial charge < -0.3 is 5.32 Å². The summed E-state index contributed by atoms with van der Waals surface area (Å²) in [5.41, 5.74) is 2.66. The molecule has 0 bridgehead atoms. The van der Waals surface area contributed by atoms with E-state index < -0.39 is 10.8 Å². The van der Waals surface area contributed by atoms with E-state index in [0.29, 0.717) is 12.3 Å². The van der Waals surface area contributed by atoms with Gasteiger partial charge in [-0.3, -0.25) is 19.7 Å². The maximum Gasteiger partial charge on any atom is 0.271 e. The molecule has 8 heteroatoms. The number of carbonyl (C=O) groups excluding carboxylic acids is 2. The van der Waals surface area contributed by atoms with Crippen molar-refractivity contribution in [3.05, 3.63) is 39.9 Å². The second-order valence-electron chi connectivity index (χ2n) is 4.62. The molecule has 1 aromatic rings. The average Bonchev–Trinajstić information content (AvgIpc) is 2.50. The van der Waals surface area contributed by atoms with E-state index in [1.54, 1.807) is 6.92 Å². The summed E-state index contributed by atoms with van der Waals surface area (Å²) in [6.45, 7) is 4.14. The number of hydrogen-bond acceptors (Lipinski definition) is 5. The second-order valence-corrected chi connectivity index (χ2v) is 4.62. The summed E-state index contributed by atoms with van der Waals surface area (Å²) in [4.78, 5) is 33.4. The smallest absolute Gasteiger partial charge is 0.271 e. The van der Waals surface area contributed by atoms with Crippen molar-refractivity contribution in [3.63, 3.8) is 0 Å². The molecule has 0 fully saturated rings. The molecule has 0 saturated carbocycles. The lowest BCUT2D eigenvalue weighted by Gasteiger charge is -2.04. The van der Waals surface area contributed by atoms with Crippen LogP contribution in [0.2, 0.25) is 0 Å². The Morgan fingerprint density at radius 3 is 2.73 bits per heavy atom. The number of amides is 2. The highest BCUT2D eigenvalue weighted by atomic mass is 16.6. The van der Waals surface area contributed by atoms with Gasteiger partial charge in [0.1, 0.15) is 0 Å². The van der Waals surface area contributed by atoms with Crippen molar-refractivity contribution >= 4 is 23.2 Å². The van der Waals surface area contributed by atoms with E-state index in [1.165, 1.54) is 18.2 Å². The quantitative estimate of drug-likeness (QED) is 0.452. The Balaban J connectivity index is 2.61. The Kier molecular flexibility index (Phi) is 6.68. The van der Waals surface area contributed by atoms with E-state index in [2.05, 4.69) is 15.8 Å². The third kappa shape index (κ3) is 5.70. The lowest BCUT2D eigenvalue weighted by Crippen LogP contribution is -2.27. The Morgan fingerprint density at radius 2 is 2.09 bits per heavy atom. The van der Waals surface area contributed by atoms with Crippen LogP contribution in [0, 0.1) is 10.1 Å². The first-order chi connectivity index (χ1) is 10.4. The van der Waals surface area contributed by atoms with E-state index in [1.807, 2.05) is 6.92 Å². The second kappa shape index (κ2) is 8.50. The van der Waals surface area contributed by atoms with Crippen molar-refractivity contribution in [2.24, 2.45) is 5.10 Å². The van der Waals surface area contributed by atoms with Crippen molar-refractivity contribution in [1.29, 1.82) is 0 Å². The topological polar surface area (TPSA) is 114 Å². The number of carbonyl (C=O) groups is 2. The number of rotatable bonds is 7. The largest absolute Gasteiger partial charge is 0.356 e. The van der Waals surface area contributed by atoms with Crippen LogP contribution in [0.15, 0.2) is 29.4 Å². The predicted octanol–water partition coefficient (Wildman–Crippen LogP) is 1.62. The highest BCUT2D eigenvalue weighted by Gasteiger charge is 2.11. The third-order valence-electron chi connectivity index (χ3n) is 2.66. The van der Waals surface area contributed by atoms with Crippen LogP contribution in [-0.4, -0.2) is 29.0 Å². The van der Waals surface area contributed by atoms with Crippen molar-refractivity contribution in [3.8, 4) is 0 Å². The number of nitro groups is 1. The first kappa shape index (κ1) is 17.3. The molecule has 1 aromatic carbocycles. The molecule has 0 radical (unpaired) electrons. The van der Waals surface area contributed by atoms with Crippen LogP contribution in [0.4, 0.5) is 5.69 Å². The molecule has 8 nitrogen and oxygen atoms in total.